The lowest BCUT2D eigenvalue weighted by Gasteiger charge is -2.23. The second-order valence-corrected chi connectivity index (χ2v) is 10.1. The van der Waals surface area contributed by atoms with E-state index in [0.717, 1.165) is 12.8 Å². The van der Waals surface area contributed by atoms with Crippen LogP contribution in [0.25, 0.3) is 0 Å². The van der Waals surface area contributed by atoms with Crippen molar-refractivity contribution in [3.63, 3.8) is 0 Å². The highest BCUT2D eigenvalue weighted by molar-refractivity contribution is 7.99. The highest BCUT2D eigenvalue weighted by atomic mass is 32.2. The average molecular weight is 374 g/mol. The molecule has 0 radical (unpaired) electrons. The van der Waals surface area contributed by atoms with Gasteiger partial charge in [0, 0.05) is 5.92 Å². The predicted octanol–water partition coefficient (Wildman–Crippen LogP) is 1.90. The summed E-state index contributed by atoms with van der Waals surface area (Å²) in [6.07, 6.45) is 6.27. The van der Waals surface area contributed by atoms with Crippen molar-refractivity contribution in [2.45, 2.75) is 62.1 Å². The molecule has 24 heavy (non-hydrogen) atoms. The van der Waals surface area contributed by atoms with Crippen LogP contribution < -0.4 is 5.32 Å². The first-order valence-corrected chi connectivity index (χ1v) is 11.1. The molecule has 2 fully saturated rings. The maximum Gasteiger partial charge on any atom is 0.277 e. The number of rotatable bonds is 5. The number of nitrogens with zero attached hydrogens (tertiary/aromatic N) is 2. The Morgan fingerprint density at radius 2 is 2.08 bits per heavy atom. The Bertz CT molecular complexity index is 697. The Morgan fingerprint density at radius 3 is 2.75 bits per heavy atom. The van der Waals surface area contributed by atoms with Gasteiger partial charge in [0.15, 0.2) is 9.84 Å². The molecule has 1 N–H and O–H groups in total. The number of sulfone groups is 1. The van der Waals surface area contributed by atoms with Gasteiger partial charge in [-0.3, -0.25) is 4.79 Å². The number of hydrogen-bond donors (Lipinski definition) is 1. The second kappa shape index (κ2) is 7.03. The van der Waals surface area contributed by atoms with Crippen molar-refractivity contribution in [1.29, 1.82) is 0 Å². The lowest BCUT2D eigenvalue weighted by molar-refractivity contribution is -0.120. The van der Waals surface area contributed by atoms with Crippen LogP contribution in [0.15, 0.2) is 9.64 Å². The van der Waals surface area contributed by atoms with E-state index in [1.807, 2.05) is 0 Å². The van der Waals surface area contributed by atoms with Gasteiger partial charge in [-0.25, -0.2) is 8.42 Å². The molecule has 0 aromatic carbocycles. The van der Waals surface area contributed by atoms with Crippen LogP contribution in [0.3, 0.4) is 0 Å². The molecule has 1 amide bonds. The number of carbonyl (C=O) groups is 1. The molecule has 1 saturated heterocycles. The first kappa shape index (κ1) is 17.7. The van der Waals surface area contributed by atoms with Crippen molar-refractivity contribution < 1.29 is 17.6 Å². The summed E-state index contributed by atoms with van der Waals surface area (Å²) < 4.78 is 28.8. The van der Waals surface area contributed by atoms with Crippen LogP contribution in [0.1, 0.15) is 57.3 Å². The zero-order valence-electron chi connectivity index (χ0n) is 13.8. The van der Waals surface area contributed by atoms with Crippen LogP contribution in [0.4, 0.5) is 0 Å². The minimum Gasteiger partial charge on any atom is -0.416 e. The van der Waals surface area contributed by atoms with Crippen molar-refractivity contribution in [2.75, 3.05) is 17.3 Å². The maximum absolute atomic E-state index is 12.1. The standard InChI is InChI=1S/C15H23N3O4S2/c1-15(7-8-24(20,21)10-15)16-12(19)9-23-14-18-17-13(22-14)11-5-3-2-4-6-11/h11H,2-10H2,1H3,(H,16,19)/t15-/m1/s1. The smallest absolute Gasteiger partial charge is 0.277 e. The molecule has 0 spiro atoms. The number of nitrogens with one attached hydrogen (secondary N) is 1. The van der Waals surface area contributed by atoms with Crippen molar-refractivity contribution in [2.24, 2.45) is 0 Å². The van der Waals surface area contributed by atoms with E-state index in [1.165, 1.54) is 31.0 Å². The molecule has 0 bridgehead atoms. The molecule has 1 atom stereocenters. The van der Waals surface area contributed by atoms with Crippen LogP contribution in [-0.2, 0) is 14.6 Å². The first-order chi connectivity index (χ1) is 11.4. The summed E-state index contributed by atoms with van der Waals surface area (Å²) in [5, 5.41) is 11.3. The Morgan fingerprint density at radius 1 is 1.33 bits per heavy atom. The molecule has 0 unspecified atom stereocenters. The molecule has 7 nitrogen and oxygen atoms in total. The first-order valence-electron chi connectivity index (χ1n) is 8.33. The number of hydrogen-bond acceptors (Lipinski definition) is 7. The summed E-state index contributed by atoms with van der Waals surface area (Å²) in [7, 11) is -3.04. The van der Waals surface area contributed by atoms with Crippen LogP contribution in [0, 0.1) is 0 Å². The summed E-state index contributed by atoms with van der Waals surface area (Å²) >= 11 is 1.19. The SMILES string of the molecule is C[C@@]1(NC(=O)CSc2nnc(C3CCCCC3)o2)CCS(=O)(=O)C1. The lowest BCUT2D eigenvalue weighted by Crippen LogP contribution is -2.47. The molecule has 2 heterocycles. The molecule has 1 aliphatic heterocycles. The van der Waals surface area contributed by atoms with E-state index in [0.29, 0.717) is 23.5 Å². The quantitative estimate of drug-likeness (QED) is 0.786. The molecule has 9 heteroatoms. The van der Waals surface area contributed by atoms with E-state index >= 15 is 0 Å². The molecular weight excluding hydrogens is 350 g/mol. The third kappa shape index (κ3) is 4.50. The summed E-state index contributed by atoms with van der Waals surface area (Å²) in [5.41, 5.74) is -0.668. The molecule has 1 aromatic rings. The lowest BCUT2D eigenvalue weighted by atomic mass is 9.89. The van der Waals surface area contributed by atoms with Gasteiger partial charge in [-0.05, 0) is 26.2 Å². The van der Waals surface area contributed by atoms with Crippen LogP contribution in [0.2, 0.25) is 0 Å². The monoisotopic (exact) mass is 373 g/mol. The molecule has 1 saturated carbocycles. The fourth-order valence-corrected chi connectivity index (χ4v) is 6.06. The number of thioether (sulfide) groups is 1. The highest BCUT2D eigenvalue weighted by Gasteiger charge is 2.39. The van der Waals surface area contributed by atoms with Crippen LogP contribution in [-0.4, -0.2) is 47.3 Å². The largest absolute Gasteiger partial charge is 0.416 e. The highest BCUT2D eigenvalue weighted by Crippen LogP contribution is 2.33. The van der Waals surface area contributed by atoms with Gasteiger partial charge < -0.3 is 9.73 Å². The van der Waals surface area contributed by atoms with Crippen LogP contribution in [0.5, 0.6) is 0 Å². The summed E-state index contributed by atoms with van der Waals surface area (Å²) in [5.74, 6) is 1.08. The number of carbonyl (C=O) groups excluding carboxylic acids is 1. The van der Waals surface area contributed by atoms with Crippen molar-refractivity contribution in [1.82, 2.24) is 15.5 Å². The third-order valence-corrected chi connectivity index (χ3v) is 7.37. The molecule has 1 aromatic heterocycles. The topological polar surface area (TPSA) is 102 Å². The zero-order chi connectivity index (χ0) is 17.2. The van der Waals surface area contributed by atoms with Gasteiger partial charge in [-0.15, -0.1) is 10.2 Å². The van der Waals surface area contributed by atoms with E-state index in [4.69, 9.17) is 4.42 Å². The van der Waals surface area contributed by atoms with Gasteiger partial charge in [0.2, 0.25) is 11.8 Å². The normalized spacial score (nSPS) is 27.2. The minimum atomic E-state index is -3.04. The van der Waals surface area contributed by atoms with Crippen molar-refractivity contribution in [3.05, 3.63) is 5.89 Å². The predicted molar refractivity (Wildman–Crippen MR) is 90.7 cm³/mol. The van der Waals surface area contributed by atoms with E-state index in [-0.39, 0.29) is 23.2 Å². The number of amides is 1. The Balaban J connectivity index is 1.49. The average Bonchev–Trinajstić information content (AvgIpc) is 3.10. The van der Waals surface area contributed by atoms with Gasteiger partial charge in [-0.2, -0.15) is 0 Å². The molecule has 3 rings (SSSR count). The zero-order valence-corrected chi connectivity index (χ0v) is 15.4. The van der Waals surface area contributed by atoms with E-state index in [2.05, 4.69) is 15.5 Å². The molecule has 134 valence electrons. The van der Waals surface area contributed by atoms with Gasteiger partial charge in [0.25, 0.3) is 5.22 Å². The summed E-state index contributed by atoms with van der Waals surface area (Å²) in [4.78, 5) is 12.1. The molecule has 1 aliphatic carbocycles. The van der Waals surface area contributed by atoms with Gasteiger partial charge in [0.1, 0.15) is 0 Å². The Labute approximate surface area is 146 Å². The Kier molecular flexibility index (Phi) is 5.19. The molecule has 2 aliphatic rings. The fourth-order valence-electron chi connectivity index (χ4n) is 3.40. The van der Waals surface area contributed by atoms with Crippen molar-refractivity contribution >= 4 is 27.5 Å². The van der Waals surface area contributed by atoms with Gasteiger partial charge in [-0.1, -0.05) is 31.0 Å². The third-order valence-electron chi connectivity index (χ3n) is 4.65. The fraction of sp³-hybridized carbons (Fsp3) is 0.800. The van der Waals surface area contributed by atoms with E-state index in [1.54, 1.807) is 6.92 Å². The van der Waals surface area contributed by atoms with Crippen LogP contribution >= 0.6 is 11.8 Å². The van der Waals surface area contributed by atoms with Crippen molar-refractivity contribution in [3.8, 4) is 0 Å². The minimum absolute atomic E-state index is 0.00277. The Hall–Kier alpha value is -1.09. The number of aromatic nitrogens is 2. The summed E-state index contributed by atoms with van der Waals surface area (Å²) in [6, 6.07) is 0. The summed E-state index contributed by atoms with van der Waals surface area (Å²) in [6.45, 7) is 1.77. The second-order valence-electron chi connectivity index (χ2n) is 6.98. The van der Waals surface area contributed by atoms with Gasteiger partial charge >= 0.3 is 0 Å². The van der Waals surface area contributed by atoms with Gasteiger partial charge in [0.05, 0.1) is 22.8 Å². The maximum atomic E-state index is 12.1. The van der Waals surface area contributed by atoms with E-state index in [9.17, 15) is 13.2 Å². The van der Waals surface area contributed by atoms with E-state index < -0.39 is 15.4 Å². The molecular formula is C15H23N3O4S2.